The highest BCUT2D eigenvalue weighted by Gasteiger charge is 2.22. The normalized spacial score (nSPS) is 12.2. The first-order chi connectivity index (χ1) is 22.0. The van der Waals surface area contributed by atoms with E-state index in [4.69, 9.17) is 28.4 Å². The lowest BCUT2D eigenvalue weighted by molar-refractivity contribution is -0.00691. The van der Waals surface area contributed by atoms with Crippen molar-refractivity contribution in [3.8, 4) is 17.0 Å². The molecule has 46 heavy (non-hydrogen) atoms. The van der Waals surface area contributed by atoms with Gasteiger partial charge < -0.3 is 28.4 Å². The van der Waals surface area contributed by atoms with Gasteiger partial charge in [0, 0.05) is 41.0 Å². The maximum absolute atomic E-state index is 13.2. The number of pyridine rings is 2. The van der Waals surface area contributed by atoms with Gasteiger partial charge in [0.05, 0.1) is 76.8 Å². The van der Waals surface area contributed by atoms with Gasteiger partial charge in [0.1, 0.15) is 12.2 Å². The first-order valence-corrected chi connectivity index (χ1v) is 16.7. The average molecular weight is 660 g/mol. The van der Waals surface area contributed by atoms with E-state index >= 15 is 0 Å². The van der Waals surface area contributed by atoms with E-state index in [0.29, 0.717) is 58.7 Å². The second kappa shape index (κ2) is 16.8. The van der Waals surface area contributed by atoms with Crippen molar-refractivity contribution in [3.05, 3.63) is 55.0 Å². The zero-order chi connectivity index (χ0) is 33.0. The van der Waals surface area contributed by atoms with Crippen molar-refractivity contribution in [1.82, 2.24) is 14.5 Å². The van der Waals surface area contributed by atoms with Crippen LogP contribution in [0.4, 0.5) is 4.79 Å². The Morgan fingerprint density at radius 2 is 1.35 bits per heavy atom. The van der Waals surface area contributed by atoms with Gasteiger partial charge in [-0.1, -0.05) is 12.1 Å². The predicted molar refractivity (Wildman–Crippen MR) is 172 cm³/mol. The Bertz CT molecular complexity index is 1670. The summed E-state index contributed by atoms with van der Waals surface area (Å²) in [5.41, 5.74) is 2.59. The summed E-state index contributed by atoms with van der Waals surface area (Å²) in [5, 5.41) is 1.78. The van der Waals surface area contributed by atoms with Gasteiger partial charge in [-0.2, -0.15) is 8.42 Å². The summed E-state index contributed by atoms with van der Waals surface area (Å²) < 4.78 is 60.8. The molecular formula is C32H41N3O10S. The van der Waals surface area contributed by atoms with E-state index in [9.17, 15) is 13.2 Å². The fourth-order valence-corrected chi connectivity index (χ4v) is 4.77. The first-order valence-electron chi connectivity index (χ1n) is 14.9. The molecule has 0 saturated heterocycles. The molecule has 4 rings (SSSR count). The van der Waals surface area contributed by atoms with E-state index in [0.717, 1.165) is 39.2 Å². The first kappa shape index (κ1) is 35.2. The third kappa shape index (κ3) is 11.0. The summed E-state index contributed by atoms with van der Waals surface area (Å²) >= 11 is 0. The van der Waals surface area contributed by atoms with Crippen LogP contribution >= 0.6 is 0 Å². The van der Waals surface area contributed by atoms with E-state index in [2.05, 4.69) is 14.2 Å². The van der Waals surface area contributed by atoms with Crippen molar-refractivity contribution in [2.75, 3.05) is 72.3 Å². The molecular weight excluding hydrogens is 618 g/mol. The number of nitrogens with zero attached hydrogens (tertiary/aromatic N) is 3. The maximum atomic E-state index is 13.2. The molecule has 0 spiro atoms. The summed E-state index contributed by atoms with van der Waals surface area (Å²) in [6.45, 7) is 8.77. The molecule has 0 aliphatic carbocycles. The number of carbonyl (C=O) groups is 1. The summed E-state index contributed by atoms with van der Waals surface area (Å²) in [7, 11) is -3.44. The van der Waals surface area contributed by atoms with Crippen LogP contribution in [0.15, 0.2) is 55.0 Å². The topological polar surface area (TPSA) is 147 Å². The van der Waals surface area contributed by atoms with E-state index in [1.807, 2.05) is 51.1 Å². The number of aromatic nitrogens is 3. The molecule has 3 aromatic heterocycles. The van der Waals surface area contributed by atoms with Crippen LogP contribution < -0.4 is 4.74 Å². The Labute approximate surface area is 268 Å². The van der Waals surface area contributed by atoms with Crippen molar-refractivity contribution in [1.29, 1.82) is 0 Å². The lowest BCUT2D eigenvalue weighted by Gasteiger charge is -2.20. The number of benzene rings is 1. The van der Waals surface area contributed by atoms with Gasteiger partial charge in [-0.15, -0.1) is 0 Å². The maximum Gasteiger partial charge on any atom is 0.419 e. The molecule has 0 unspecified atom stereocenters. The Morgan fingerprint density at radius 1 is 0.739 bits per heavy atom. The van der Waals surface area contributed by atoms with Crippen LogP contribution in [0.1, 0.15) is 20.8 Å². The molecule has 0 bridgehead atoms. The van der Waals surface area contributed by atoms with Crippen molar-refractivity contribution in [3.63, 3.8) is 0 Å². The smallest absolute Gasteiger partial charge is 0.419 e. The highest BCUT2D eigenvalue weighted by Crippen LogP contribution is 2.33. The van der Waals surface area contributed by atoms with E-state index in [-0.39, 0.29) is 13.2 Å². The number of fused-ring (bicyclic) bond motifs is 3. The summed E-state index contributed by atoms with van der Waals surface area (Å²) in [4.78, 5) is 21.9. The Hall–Kier alpha value is -3.66. The molecule has 1 aromatic carbocycles. The fraction of sp³-hybridized carbons (Fsp3) is 0.469. The van der Waals surface area contributed by atoms with E-state index in [1.54, 1.807) is 29.2 Å². The quantitative estimate of drug-likeness (QED) is 0.110. The van der Waals surface area contributed by atoms with Crippen molar-refractivity contribution >= 4 is 38.0 Å². The summed E-state index contributed by atoms with van der Waals surface area (Å²) in [6, 6.07) is 11.5. The second-order valence-corrected chi connectivity index (χ2v) is 12.8. The number of ether oxygens (including phenoxy) is 6. The molecule has 3 heterocycles. The Morgan fingerprint density at radius 3 is 1.93 bits per heavy atom. The van der Waals surface area contributed by atoms with Gasteiger partial charge in [-0.3, -0.25) is 9.17 Å². The highest BCUT2D eigenvalue weighted by atomic mass is 32.2. The average Bonchev–Trinajstić information content (AvgIpc) is 3.33. The Kier molecular flexibility index (Phi) is 12.8. The molecule has 14 heteroatoms. The number of hydrogen-bond donors (Lipinski definition) is 0. The standard InChI is InChI=1S/C32H41N3O10S/c1-32(2,3)45-31(36)35-28-9-10-33-23-27(28)26-7-5-24(21-29(26)35)25-6-8-30(34-22-25)43-19-17-41-15-13-39-11-12-40-14-16-42-18-20-44-46(4,37)38/h5-10,21-23H,11-20H2,1-4H3. The lowest BCUT2D eigenvalue weighted by atomic mass is 10.1. The van der Waals surface area contributed by atoms with Crippen LogP contribution in [0.2, 0.25) is 0 Å². The minimum absolute atomic E-state index is 0.0147. The Balaban J connectivity index is 1.15. The molecule has 0 amide bonds. The molecule has 250 valence electrons. The largest absolute Gasteiger partial charge is 0.475 e. The van der Waals surface area contributed by atoms with E-state index < -0.39 is 21.8 Å². The molecule has 13 nitrogen and oxygen atoms in total. The zero-order valence-electron chi connectivity index (χ0n) is 26.6. The summed E-state index contributed by atoms with van der Waals surface area (Å²) in [5.74, 6) is 0.475. The fourth-order valence-electron chi connectivity index (χ4n) is 4.40. The highest BCUT2D eigenvalue weighted by molar-refractivity contribution is 7.85. The molecule has 0 fully saturated rings. The van der Waals surface area contributed by atoms with Crippen LogP contribution in [-0.4, -0.2) is 107 Å². The monoisotopic (exact) mass is 659 g/mol. The molecule has 4 aromatic rings. The molecule has 0 aliphatic heterocycles. The van der Waals surface area contributed by atoms with Crippen LogP contribution in [0.3, 0.4) is 0 Å². The number of carbonyl (C=O) groups excluding carboxylic acids is 1. The van der Waals surface area contributed by atoms with Crippen LogP contribution in [0.25, 0.3) is 32.9 Å². The van der Waals surface area contributed by atoms with Crippen LogP contribution in [-0.2, 0) is 38.0 Å². The van der Waals surface area contributed by atoms with Gasteiger partial charge in [-0.25, -0.2) is 14.3 Å². The minimum Gasteiger partial charge on any atom is -0.475 e. The van der Waals surface area contributed by atoms with Crippen LogP contribution in [0, 0.1) is 0 Å². The SMILES string of the molecule is CC(C)(C)OC(=O)n1c2ccncc2c2ccc(-c3ccc(OCCOCCOCCOCCOCCOS(C)(=O)=O)nc3)cc21. The minimum atomic E-state index is -3.44. The van der Waals surface area contributed by atoms with Crippen molar-refractivity contribution < 1.29 is 45.8 Å². The van der Waals surface area contributed by atoms with Gasteiger partial charge >= 0.3 is 6.09 Å². The number of rotatable bonds is 18. The molecule has 0 saturated carbocycles. The number of hydrogen-bond acceptors (Lipinski definition) is 12. The predicted octanol–water partition coefficient (Wildman–Crippen LogP) is 4.46. The van der Waals surface area contributed by atoms with Gasteiger partial charge in [0.15, 0.2) is 0 Å². The lowest BCUT2D eigenvalue weighted by Crippen LogP contribution is -2.27. The van der Waals surface area contributed by atoms with Crippen LogP contribution in [0.5, 0.6) is 5.88 Å². The third-order valence-corrected chi connectivity index (χ3v) is 6.93. The molecule has 0 atom stereocenters. The molecule has 0 radical (unpaired) electrons. The second-order valence-electron chi connectivity index (χ2n) is 11.1. The molecule has 0 aliphatic rings. The van der Waals surface area contributed by atoms with Gasteiger partial charge in [0.2, 0.25) is 5.88 Å². The van der Waals surface area contributed by atoms with Gasteiger partial charge in [0.25, 0.3) is 10.1 Å². The van der Waals surface area contributed by atoms with Gasteiger partial charge in [-0.05, 0) is 44.5 Å². The zero-order valence-corrected chi connectivity index (χ0v) is 27.4. The van der Waals surface area contributed by atoms with Crippen molar-refractivity contribution in [2.24, 2.45) is 0 Å². The van der Waals surface area contributed by atoms with E-state index in [1.165, 1.54) is 0 Å². The summed E-state index contributed by atoms with van der Waals surface area (Å²) in [6.07, 6.45) is 5.69. The molecule has 0 N–H and O–H groups in total. The van der Waals surface area contributed by atoms with Crippen molar-refractivity contribution in [2.45, 2.75) is 26.4 Å². The third-order valence-electron chi connectivity index (χ3n) is 6.33.